The summed E-state index contributed by atoms with van der Waals surface area (Å²) in [6.07, 6.45) is -4.69. The highest BCUT2D eigenvalue weighted by Gasteiger charge is 2.30. The van der Waals surface area contributed by atoms with Gasteiger partial charge in [0.25, 0.3) is 5.91 Å². The lowest BCUT2D eigenvalue weighted by Crippen LogP contribution is -2.49. The van der Waals surface area contributed by atoms with Gasteiger partial charge in [0, 0.05) is 50.5 Å². The summed E-state index contributed by atoms with van der Waals surface area (Å²) in [5, 5.41) is 4.90. The van der Waals surface area contributed by atoms with Crippen molar-refractivity contribution in [1.82, 2.24) is 19.6 Å². The van der Waals surface area contributed by atoms with Crippen LogP contribution in [0.3, 0.4) is 0 Å². The highest BCUT2D eigenvalue weighted by molar-refractivity contribution is 6.30. The van der Waals surface area contributed by atoms with Crippen molar-refractivity contribution < 1.29 is 22.7 Å². The van der Waals surface area contributed by atoms with Gasteiger partial charge in [-0.3, -0.25) is 14.4 Å². The molecule has 2 aromatic carbocycles. The zero-order valence-corrected chi connectivity index (χ0v) is 20.9. The minimum Gasteiger partial charge on any atom is -0.368 e. The van der Waals surface area contributed by atoms with Crippen molar-refractivity contribution in [3.05, 3.63) is 87.7 Å². The smallest absolute Gasteiger partial charge is 0.368 e. The second kappa shape index (κ2) is 11.0. The summed E-state index contributed by atoms with van der Waals surface area (Å²) in [5.74, 6) is -0.0776. The van der Waals surface area contributed by atoms with Gasteiger partial charge in [0.1, 0.15) is 0 Å². The number of hydrogen-bond acceptors (Lipinski definition) is 4. The molecule has 0 saturated carbocycles. The van der Waals surface area contributed by atoms with Crippen molar-refractivity contribution in [2.45, 2.75) is 25.8 Å². The lowest BCUT2D eigenvalue weighted by atomic mass is 10.1. The maximum atomic E-state index is 12.9. The zero-order chi connectivity index (χ0) is 25.9. The van der Waals surface area contributed by atoms with Crippen molar-refractivity contribution >= 4 is 17.5 Å². The van der Waals surface area contributed by atoms with E-state index in [0.717, 1.165) is 23.4 Å². The van der Waals surface area contributed by atoms with Crippen molar-refractivity contribution in [1.29, 1.82) is 0 Å². The number of carbonyl (C=O) groups is 1. The predicted molar refractivity (Wildman–Crippen MR) is 131 cm³/mol. The van der Waals surface area contributed by atoms with E-state index in [0.29, 0.717) is 49.0 Å². The number of aromatic nitrogens is 2. The Bertz CT molecular complexity index is 1150. The molecule has 1 amide bonds. The van der Waals surface area contributed by atoms with E-state index in [1.54, 1.807) is 27.8 Å². The number of amides is 1. The van der Waals surface area contributed by atoms with Gasteiger partial charge in [-0.2, -0.15) is 18.3 Å². The van der Waals surface area contributed by atoms with Crippen molar-refractivity contribution in [2.75, 3.05) is 32.7 Å². The van der Waals surface area contributed by atoms with Gasteiger partial charge in [-0.25, -0.2) is 0 Å². The van der Waals surface area contributed by atoms with Gasteiger partial charge in [-0.05, 0) is 48.4 Å². The van der Waals surface area contributed by atoms with Gasteiger partial charge in [0.2, 0.25) is 0 Å². The van der Waals surface area contributed by atoms with Gasteiger partial charge in [0.05, 0.1) is 18.3 Å². The Morgan fingerprint density at radius 2 is 1.69 bits per heavy atom. The van der Waals surface area contributed by atoms with Crippen LogP contribution in [0, 0.1) is 6.92 Å². The second-order valence-corrected chi connectivity index (χ2v) is 9.37. The van der Waals surface area contributed by atoms with E-state index >= 15 is 0 Å². The summed E-state index contributed by atoms with van der Waals surface area (Å²) in [5.41, 5.74) is 2.26. The number of nitrogens with zero attached hydrogens (tertiary/aromatic N) is 4. The summed E-state index contributed by atoms with van der Waals surface area (Å²) in [4.78, 5) is 16.8. The SMILES string of the molecule is Cc1cc(C(=O)N2CCN(C[C@@H](OCc3ccc(C(F)(F)F)cc3)c3ccc(Cl)cc3)CC2)nn1C. The number of halogens is 4. The minimum atomic E-state index is -4.37. The first-order valence-corrected chi connectivity index (χ1v) is 12.0. The van der Waals surface area contributed by atoms with E-state index in [2.05, 4.69) is 10.00 Å². The van der Waals surface area contributed by atoms with Gasteiger partial charge in [-0.1, -0.05) is 35.9 Å². The zero-order valence-electron chi connectivity index (χ0n) is 20.1. The third kappa shape index (κ3) is 6.46. The molecule has 1 saturated heterocycles. The lowest BCUT2D eigenvalue weighted by molar-refractivity contribution is -0.137. The van der Waals surface area contributed by atoms with Gasteiger partial charge >= 0.3 is 6.18 Å². The number of benzene rings is 2. The van der Waals surface area contributed by atoms with E-state index in [1.807, 2.05) is 26.1 Å². The predicted octanol–water partition coefficient (Wildman–Crippen LogP) is 5.12. The Hall–Kier alpha value is -2.88. The number of piperazine rings is 1. The van der Waals surface area contributed by atoms with Crippen LogP contribution in [0.5, 0.6) is 0 Å². The van der Waals surface area contributed by atoms with Gasteiger partial charge < -0.3 is 9.64 Å². The normalized spacial score (nSPS) is 15.8. The first-order chi connectivity index (χ1) is 17.1. The Kier molecular flexibility index (Phi) is 8.02. The fraction of sp³-hybridized carbons (Fsp3) is 0.385. The van der Waals surface area contributed by atoms with E-state index in [4.69, 9.17) is 16.3 Å². The number of rotatable bonds is 7. The van der Waals surface area contributed by atoms with Crippen LogP contribution in [0.4, 0.5) is 13.2 Å². The number of ether oxygens (including phenoxy) is 1. The largest absolute Gasteiger partial charge is 0.416 e. The third-order valence-corrected chi connectivity index (χ3v) is 6.64. The van der Waals surface area contributed by atoms with Crippen LogP contribution in [0.25, 0.3) is 0 Å². The Balaban J connectivity index is 1.38. The highest BCUT2D eigenvalue weighted by Crippen LogP contribution is 2.30. The molecule has 0 aliphatic carbocycles. The molecule has 10 heteroatoms. The molecule has 4 rings (SSSR count). The van der Waals surface area contributed by atoms with Crippen LogP contribution in [0.1, 0.15) is 39.0 Å². The molecule has 1 aliphatic rings. The van der Waals surface area contributed by atoms with Crippen molar-refractivity contribution in [2.24, 2.45) is 7.05 Å². The van der Waals surface area contributed by atoms with Crippen LogP contribution < -0.4 is 0 Å². The van der Waals surface area contributed by atoms with Crippen LogP contribution in [-0.4, -0.2) is 58.2 Å². The fourth-order valence-corrected chi connectivity index (χ4v) is 4.24. The first-order valence-electron chi connectivity index (χ1n) is 11.7. The van der Waals surface area contributed by atoms with Crippen LogP contribution >= 0.6 is 11.6 Å². The van der Waals surface area contributed by atoms with Crippen LogP contribution in [0.15, 0.2) is 54.6 Å². The fourth-order valence-electron chi connectivity index (χ4n) is 4.11. The second-order valence-electron chi connectivity index (χ2n) is 8.93. The maximum absolute atomic E-state index is 12.9. The maximum Gasteiger partial charge on any atom is 0.416 e. The molecule has 0 bridgehead atoms. The Morgan fingerprint density at radius 1 is 1.06 bits per heavy atom. The van der Waals surface area contributed by atoms with Gasteiger partial charge in [0.15, 0.2) is 5.69 Å². The number of carbonyl (C=O) groups excluding carboxylic acids is 1. The summed E-state index contributed by atoms with van der Waals surface area (Å²) in [7, 11) is 1.81. The summed E-state index contributed by atoms with van der Waals surface area (Å²) >= 11 is 6.05. The molecule has 2 heterocycles. The summed E-state index contributed by atoms with van der Waals surface area (Å²) < 4.78 is 46.5. The van der Waals surface area contributed by atoms with E-state index in [-0.39, 0.29) is 18.6 Å². The minimum absolute atomic E-state index is 0.0776. The number of aryl methyl sites for hydroxylation is 2. The highest BCUT2D eigenvalue weighted by atomic mass is 35.5. The first kappa shape index (κ1) is 26.2. The summed E-state index contributed by atoms with van der Waals surface area (Å²) in [6, 6.07) is 14.2. The van der Waals surface area contributed by atoms with Crippen LogP contribution in [-0.2, 0) is 24.6 Å². The monoisotopic (exact) mass is 520 g/mol. The molecule has 192 valence electrons. The van der Waals surface area contributed by atoms with E-state index in [1.165, 1.54) is 12.1 Å². The summed E-state index contributed by atoms with van der Waals surface area (Å²) in [6.45, 7) is 5.14. The molecule has 3 aromatic rings. The number of hydrogen-bond donors (Lipinski definition) is 0. The molecule has 1 atom stereocenters. The Labute approximate surface area is 213 Å². The molecule has 36 heavy (non-hydrogen) atoms. The molecule has 0 N–H and O–H groups in total. The van der Waals surface area contributed by atoms with Crippen molar-refractivity contribution in [3.8, 4) is 0 Å². The van der Waals surface area contributed by atoms with E-state index < -0.39 is 11.7 Å². The molecule has 0 unspecified atom stereocenters. The molecular formula is C26H28ClF3N4O2. The van der Waals surface area contributed by atoms with Crippen molar-refractivity contribution in [3.63, 3.8) is 0 Å². The molecule has 1 aliphatic heterocycles. The van der Waals surface area contributed by atoms with Gasteiger partial charge in [-0.15, -0.1) is 0 Å². The average molecular weight is 521 g/mol. The topological polar surface area (TPSA) is 50.6 Å². The quantitative estimate of drug-likeness (QED) is 0.434. The van der Waals surface area contributed by atoms with E-state index in [9.17, 15) is 18.0 Å². The molecule has 6 nitrogen and oxygen atoms in total. The molecule has 0 spiro atoms. The molecule has 1 fully saturated rings. The molecular weight excluding hydrogens is 493 g/mol. The van der Waals surface area contributed by atoms with Crippen LogP contribution in [0.2, 0.25) is 5.02 Å². The Morgan fingerprint density at radius 3 is 2.25 bits per heavy atom. The average Bonchev–Trinajstić information content (AvgIpc) is 3.20. The lowest BCUT2D eigenvalue weighted by Gasteiger charge is -2.36. The molecule has 1 aromatic heterocycles. The number of alkyl halides is 3. The molecule has 0 radical (unpaired) electrons. The standard InChI is InChI=1S/C26H28ClF3N4O2/c1-18-15-23(31-32(18)2)25(35)34-13-11-33(12-14-34)16-24(20-5-9-22(27)10-6-20)36-17-19-3-7-21(8-4-19)26(28,29)30/h3-10,15,24H,11-14,16-17H2,1-2H3/t24-/m1/s1. The third-order valence-electron chi connectivity index (χ3n) is 6.39.